The summed E-state index contributed by atoms with van der Waals surface area (Å²) in [5.74, 6) is 0.341. The van der Waals surface area contributed by atoms with Gasteiger partial charge in [-0.15, -0.1) is 0 Å². The SMILES string of the molecule is CNNC(=O)c1cc(=O)n2c(n1)CCCCC2. The second-order valence-corrected chi connectivity index (χ2v) is 4.06. The van der Waals surface area contributed by atoms with Crippen LogP contribution in [0.15, 0.2) is 10.9 Å². The van der Waals surface area contributed by atoms with Crippen molar-refractivity contribution in [2.45, 2.75) is 32.2 Å². The maximum Gasteiger partial charge on any atom is 0.284 e. The molecule has 0 unspecified atom stereocenters. The van der Waals surface area contributed by atoms with Gasteiger partial charge in [0.2, 0.25) is 0 Å². The predicted octanol–water partition coefficient (Wildman–Crippen LogP) is -0.166. The molecule has 17 heavy (non-hydrogen) atoms. The van der Waals surface area contributed by atoms with Crippen molar-refractivity contribution in [2.24, 2.45) is 0 Å². The Balaban J connectivity index is 2.39. The van der Waals surface area contributed by atoms with E-state index in [-0.39, 0.29) is 17.2 Å². The number of aryl methyl sites for hydroxylation is 1. The number of hydrazine groups is 1. The highest BCUT2D eigenvalue weighted by atomic mass is 16.2. The van der Waals surface area contributed by atoms with E-state index in [1.54, 1.807) is 11.6 Å². The molecule has 6 nitrogen and oxygen atoms in total. The summed E-state index contributed by atoms with van der Waals surface area (Å²) in [4.78, 5) is 27.7. The average molecular weight is 236 g/mol. The molecule has 0 aliphatic carbocycles. The lowest BCUT2D eigenvalue weighted by Gasteiger charge is -2.09. The Kier molecular flexibility index (Phi) is 3.53. The standard InChI is InChI=1S/C11H16N4O2/c1-12-14-11(17)8-7-10(16)15-6-4-2-3-5-9(15)13-8/h7,12H,2-6H2,1H3,(H,14,17). The first-order valence-corrected chi connectivity index (χ1v) is 5.80. The third-order valence-corrected chi connectivity index (χ3v) is 2.84. The largest absolute Gasteiger partial charge is 0.297 e. The molecular formula is C11H16N4O2. The normalized spacial score (nSPS) is 14.9. The molecule has 1 aromatic rings. The number of hydrogen-bond acceptors (Lipinski definition) is 4. The van der Waals surface area contributed by atoms with Gasteiger partial charge in [0.15, 0.2) is 0 Å². The topological polar surface area (TPSA) is 76.0 Å². The predicted molar refractivity (Wildman–Crippen MR) is 62.6 cm³/mol. The third kappa shape index (κ3) is 2.52. The van der Waals surface area contributed by atoms with E-state index < -0.39 is 0 Å². The van der Waals surface area contributed by atoms with Crippen LogP contribution >= 0.6 is 0 Å². The summed E-state index contributed by atoms with van der Waals surface area (Å²) < 4.78 is 1.67. The molecule has 0 fully saturated rings. The van der Waals surface area contributed by atoms with Crippen LogP contribution in [0.1, 0.15) is 35.6 Å². The maximum atomic E-state index is 11.9. The molecule has 0 saturated carbocycles. The van der Waals surface area contributed by atoms with Crippen LogP contribution in [0.4, 0.5) is 0 Å². The van der Waals surface area contributed by atoms with Crippen molar-refractivity contribution in [3.63, 3.8) is 0 Å². The summed E-state index contributed by atoms with van der Waals surface area (Å²) in [6.45, 7) is 0.703. The van der Waals surface area contributed by atoms with Gasteiger partial charge in [-0.2, -0.15) is 0 Å². The van der Waals surface area contributed by atoms with E-state index >= 15 is 0 Å². The lowest BCUT2D eigenvalue weighted by atomic mass is 10.2. The lowest BCUT2D eigenvalue weighted by Crippen LogP contribution is -2.36. The molecule has 2 heterocycles. The highest BCUT2D eigenvalue weighted by Crippen LogP contribution is 2.10. The summed E-state index contributed by atoms with van der Waals surface area (Å²) >= 11 is 0. The first-order chi connectivity index (χ1) is 8.22. The second kappa shape index (κ2) is 5.09. The number of carbonyl (C=O) groups excluding carboxylic acids is 1. The third-order valence-electron chi connectivity index (χ3n) is 2.84. The van der Waals surface area contributed by atoms with E-state index in [9.17, 15) is 9.59 Å². The van der Waals surface area contributed by atoms with Gasteiger partial charge in [0.1, 0.15) is 11.5 Å². The van der Waals surface area contributed by atoms with Crippen LogP contribution in [-0.2, 0) is 13.0 Å². The molecule has 0 saturated heterocycles. The molecule has 6 heteroatoms. The van der Waals surface area contributed by atoms with Gasteiger partial charge < -0.3 is 0 Å². The first kappa shape index (κ1) is 11.8. The summed E-state index contributed by atoms with van der Waals surface area (Å²) in [6.07, 6.45) is 3.87. The Labute approximate surface area is 99.0 Å². The summed E-state index contributed by atoms with van der Waals surface area (Å²) in [5.41, 5.74) is 4.98. The fraction of sp³-hybridized carbons (Fsp3) is 0.545. The van der Waals surface area contributed by atoms with E-state index in [1.165, 1.54) is 6.07 Å². The number of amides is 1. The monoisotopic (exact) mass is 236 g/mol. The summed E-state index contributed by atoms with van der Waals surface area (Å²) in [6, 6.07) is 1.29. The van der Waals surface area contributed by atoms with Crippen LogP contribution in [0.2, 0.25) is 0 Å². The molecule has 0 atom stereocenters. The molecule has 1 aromatic heterocycles. The van der Waals surface area contributed by atoms with Gasteiger partial charge in [-0.25, -0.2) is 10.4 Å². The Morgan fingerprint density at radius 3 is 3.00 bits per heavy atom. The van der Waals surface area contributed by atoms with Crippen molar-refractivity contribution < 1.29 is 4.79 Å². The summed E-state index contributed by atoms with van der Waals surface area (Å²) in [5, 5.41) is 0. The van der Waals surface area contributed by atoms with E-state index in [1.807, 2.05) is 0 Å². The van der Waals surface area contributed by atoms with E-state index in [0.29, 0.717) is 6.54 Å². The number of nitrogens with one attached hydrogen (secondary N) is 2. The lowest BCUT2D eigenvalue weighted by molar-refractivity contribution is 0.0932. The van der Waals surface area contributed by atoms with Gasteiger partial charge in [0.25, 0.3) is 11.5 Å². The Morgan fingerprint density at radius 2 is 2.24 bits per heavy atom. The minimum Gasteiger partial charge on any atom is -0.297 e. The molecule has 0 spiro atoms. The second-order valence-electron chi connectivity index (χ2n) is 4.06. The number of hydrogen-bond donors (Lipinski definition) is 2. The van der Waals surface area contributed by atoms with Crippen LogP contribution < -0.4 is 16.4 Å². The van der Waals surface area contributed by atoms with E-state index in [4.69, 9.17) is 0 Å². The fourth-order valence-electron chi connectivity index (χ4n) is 2.01. The molecule has 2 N–H and O–H groups in total. The minimum absolute atomic E-state index is 0.141. The van der Waals surface area contributed by atoms with Crippen molar-refractivity contribution in [2.75, 3.05) is 7.05 Å². The smallest absolute Gasteiger partial charge is 0.284 e. The zero-order valence-electron chi connectivity index (χ0n) is 9.82. The van der Waals surface area contributed by atoms with Crippen LogP contribution in [0.3, 0.4) is 0 Å². The minimum atomic E-state index is -0.378. The number of aromatic nitrogens is 2. The van der Waals surface area contributed by atoms with Crippen molar-refractivity contribution >= 4 is 5.91 Å². The number of nitrogens with zero attached hydrogens (tertiary/aromatic N) is 2. The Hall–Kier alpha value is -1.69. The van der Waals surface area contributed by atoms with E-state index in [0.717, 1.165) is 31.5 Å². The molecule has 92 valence electrons. The van der Waals surface area contributed by atoms with Crippen LogP contribution in [-0.4, -0.2) is 22.5 Å². The van der Waals surface area contributed by atoms with Gasteiger partial charge in [0, 0.05) is 26.1 Å². The van der Waals surface area contributed by atoms with Crippen molar-refractivity contribution in [1.29, 1.82) is 0 Å². The molecular weight excluding hydrogens is 220 g/mol. The van der Waals surface area contributed by atoms with Gasteiger partial charge in [-0.3, -0.25) is 19.6 Å². The Bertz CT molecular complexity index is 481. The van der Waals surface area contributed by atoms with Crippen molar-refractivity contribution in [3.8, 4) is 0 Å². The quantitative estimate of drug-likeness (QED) is 0.699. The number of fused-ring (bicyclic) bond motifs is 1. The Morgan fingerprint density at radius 1 is 1.41 bits per heavy atom. The van der Waals surface area contributed by atoms with Gasteiger partial charge >= 0.3 is 0 Å². The first-order valence-electron chi connectivity index (χ1n) is 5.80. The highest BCUT2D eigenvalue weighted by molar-refractivity contribution is 5.91. The van der Waals surface area contributed by atoms with Crippen LogP contribution in [0.25, 0.3) is 0 Å². The number of rotatable bonds is 2. The fourth-order valence-corrected chi connectivity index (χ4v) is 2.01. The molecule has 2 rings (SSSR count). The zero-order valence-corrected chi connectivity index (χ0v) is 9.82. The zero-order chi connectivity index (χ0) is 12.3. The molecule has 1 amide bonds. The van der Waals surface area contributed by atoms with E-state index in [2.05, 4.69) is 15.8 Å². The number of carbonyl (C=O) groups is 1. The molecule has 0 aromatic carbocycles. The van der Waals surface area contributed by atoms with Crippen molar-refractivity contribution in [3.05, 3.63) is 27.9 Å². The highest BCUT2D eigenvalue weighted by Gasteiger charge is 2.15. The van der Waals surface area contributed by atoms with Crippen molar-refractivity contribution in [1.82, 2.24) is 20.4 Å². The van der Waals surface area contributed by atoms with Gasteiger partial charge in [0.05, 0.1) is 0 Å². The molecule has 1 aliphatic rings. The van der Waals surface area contributed by atoms with Crippen LogP contribution in [0, 0.1) is 0 Å². The molecule has 1 aliphatic heterocycles. The molecule has 0 bridgehead atoms. The summed E-state index contributed by atoms with van der Waals surface area (Å²) in [7, 11) is 1.59. The molecule has 0 radical (unpaired) electrons. The van der Waals surface area contributed by atoms with Crippen LogP contribution in [0.5, 0.6) is 0 Å². The average Bonchev–Trinajstić information content (AvgIpc) is 2.54. The van der Waals surface area contributed by atoms with Gasteiger partial charge in [-0.05, 0) is 12.8 Å². The van der Waals surface area contributed by atoms with Gasteiger partial charge in [-0.1, -0.05) is 6.42 Å². The maximum absolute atomic E-state index is 11.9.